The van der Waals surface area contributed by atoms with Crippen molar-refractivity contribution in [2.75, 3.05) is 11.9 Å². The van der Waals surface area contributed by atoms with E-state index in [1.807, 2.05) is 19.9 Å². The molecule has 0 saturated heterocycles. The lowest BCUT2D eigenvalue weighted by Gasteiger charge is -2.14. The lowest BCUT2D eigenvalue weighted by Crippen LogP contribution is -2.38. The molecule has 1 amide bonds. The molecule has 0 aliphatic carbocycles. The van der Waals surface area contributed by atoms with Crippen LogP contribution in [0.1, 0.15) is 39.3 Å². The average Bonchev–Trinajstić information content (AvgIpc) is 2.36. The van der Waals surface area contributed by atoms with Gasteiger partial charge in [-0.25, -0.2) is 9.97 Å². The second kappa shape index (κ2) is 7.63. The highest BCUT2D eigenvalue weighted by atomic mass is 16.2. The van der Waals surface area contributed by atoms with E-state index in [4.69, 9.17) is 0 Å². The van der Waals surface area contributed by atoms with Gasteiger partial charge in [-0.1, -0.05) is 20.3 Å². The standard InChI is InChI=1S/C13H22N4O/c1-4-6-11-8-12(16-9-15-11)17-10(3)13(18)14-7-5-2/h8-10H,4-7H2,1-3H3,(H,14,18)(H,15,16,17). The summed E-state index contributed by atoms with van der Waals surface area (Å²) in [5.41, 5.74) is 0.996. The highest BCUT2D eigenvalue weighted by Crippen LogP contribution is 2.07. The van der Waals surface area contributed by atoms with Gasteiger partial charge < -0.3 is 10.6 Å². The SMILES string of the molecule is CCCNC(=O)C(C)Nc1cc(CCC)ncn1. The van der Waals surface area contributed by atoms with Crippen molar-refractivity contribution in [2.24, 2.45) is 0 Å². The van der Waals surface area contributed by atoms with E-state index >= 15 is 0 Å². The zero-order valence-electron chi connectivity index (χ0n) is 11.4. The van der Waals surface area contributed by atoms with Crippen molar-refractivity contribution >= 4 is 11.7 Å². The smallest absolute Gasteiger partial charge is 0.242 e. The zero-order chi connectivity index (χ0) is 13.4. The first kappa shape index (κ1) is 14.4. The summed E-state index contributed by atoms with van der Waals surface area (Å²) in [7, 11) is 0. The molecule has 0 aliphatic rings. The number of carbonyl (C=O) groups is 1. The molecule has 5 nitrogen and oxygen atoms in total. The molecule has 0 fully saturated rings. The lowest BCUT2D eigenvalue weighted by molar-refractivity contribution is -0.121. The van der Waals surface area contributed by atoms with Crippen molar-refractivity contribution in [1.82, 2.24) is 15.3 Å². The van der Waals surface area contributed by atoms with E-state index in [1.165, 1.54) is 6.33 Å². The number of hydrogen-bond acceptors (Lipinski definition) is 4. The van der Waals surface area contributed by atoms with Crippen molar-refractivity contribution in [1.29, 1.82) is 0 Å². The van der Waals surface area contributed by atoms with Crippen LogP contribution in [0.3, 0.4) is 0 Å². The Morgan fingerprint density at radius 2 is 2.11 bits per heavy atom. The summed E-state index contributed by atoms with van der Waals surface area (Å²) in [6, 6.07) is 1.61. The Bertz CT molecular complexity index is 381. The van der Waals surface area contributed by atoms with E-state index in [-0.39, 0.29) is 11.9 Å². The third-order valence-electron chi connectivity index (χ3n) is 2.54. The Labute approximate surface area is 108 Å². The van der Waals surface area contributed by atoms with Crippen molar-refractivity contribution in [3.8, 4) is 0 Å². The Kier molecular flexibility index (Phi) is 6.11. The largest absolute Gasteiger partial charge is 0.359 e. The predicted molar refractivity (Wildman–Crippen MR) is 72.4 cm³/mol. The molecule has 18 heavy (non-hydrogen) atoms. The van der Waals surface area contributed by atoms with Crippen LogP contribution in [-0.2, 0) is 11.2 Å². The van der Waals surface area contributed by atoms with Crippen LogP contribution in [0.2, 0.25) is 0 Å². The average molecular weight is 250 g/mol. The highest BCUT2D eigenvalue weighted by Gasteiger charge is 2.12. The van der Waals surface area contributed by atoms with Crippen LogP contribution in [-0.4, -0.2) is 28.5 Å². The molecule has 0 saturated carbocycles. The molecule has 1 unspecified atom stereocenters. The third kappa shape index (κ3) is 4.69. The van der Waals surface area contributed by atoms with Gasteiger partial charge in [0.25, 0.3) is 0 Å². The van der Waals surface area contributed by atoms with Crippen LogP contribution in [0.25, 0.3) is 0 Å². The Hall–Kier alpha value is -1.65. The van der Waals surface area contributed by atoms with E-state index in [0.29, 0.717) is 12.4 Å². The maximum atomic E-state index is 11.7. The van der Waals surface area contributed by atoms with Gasteiger partial charge in [0.1, 0.15) is 18.2 Å². The fraction of sp³-hybridized carbons (Fsp3) is 0.615. The van der Waals surface area contributed by atoms with Gasteiger partial charge in [-0.15, -0.1) is 0 Å². The number of nitrogens with one attached hydrogen (secondary N) is 2. The van der Waals surface area contributed by atoms with Crippen molar-refractivity contribution < 1.29 is 4.79 Å². The number of aryl methyl sites for hydroxylation is 1. The summed E-state index contributed by atoms with van der Waals surface area (Å²) in [4.78, 5) is 20.0. The van der Waals surface area contributed by atoms with E-state index in [1.54, 1.807) is 0 Å². The zero-order valence-corrected chi connectivity index (χ0v) is 11.4. The Morgan fingerprint density at radius 1 is 1.33 bits per heavy atom. The van der Waals surface area contributed by atoms with Crippen molar-refractivity contribution in [2.45, 2.75) is 46.1 Å². The number of amides is 1. The van der Waals surface area contributed by atoms with Crippen molar-refractivity contribution in [3.63, 3.8) is 0 Å². The molecule has 1 atom stereocenters. The minimum atomic E-state index is -0.291. The minimum Gasteiger partial charge on any atom is -0.359 e. The number of rotatable bonds is 7. The van der Waals surface area contributed by atoms with Gasteiger partial charge in [0.15, 0.2) is 0 Å². The van der Waals surface area contributed by atoms with E-state index in [0.717, 1.165) is 25.0 Å². The van der Waals surface area contributed by atoms with E-state index in [9.17, 15) is 4.79 Å². The second-order valence-corrected chi connectivity index (χ2v) is 4.30. The van der Waals surface area contributed by atoms with Crippen LogP contribution in [0.5, 0.6) is 0 Å². The number of aromatic nitrogens is 2. The first-order valence-corrected chi connectivity index (χ1v) is 6.52. The first-order valence-electron chi connectivity index (χ1n) is 6.52. The minimum absolute atomic E-state index is 0.00694. The quantitative estimate of drug-likeness (QED) is 0.773. The van der Waals surface area contributed by atoms with Crippen LogP contribution >= 0.6 is 0 Å². The Balaban J connectivity index is 2.55. The highest BCUT2D eigenvalue weighted by molar-refractivity contribution is 5.83. The van der Waals surface area contributed by atoms with Crippen LogP contribution in [0, 0.1) is 0 Å². The predicted octanol–water partition coefficient (Wildman–Crippen LogP) is 1.76. The summed E-state index contributed by atoms with van der Waals surface area (Å²) in [5, 5.41) is 5.93. The summed E-state index contributed by atoms with van der Waals surface area (Å²) in [5.74, 6) is 0.695. The van der Waals surface area contributed by atoms with Gasteiger partial charge >= 0.3 is 0 Å². The molecule has 1 rings (SSSR count). The maximum Gasteiger partial charge on any atom is 0.242 e. The molecular formula is C13H22N4O. The fourth-order valence-electron chi connectivity index (χ4n) is 1.56. The van der Waals surface area contributed by atoms with E-state index < -0.39 is 0 Å². The molecule has 5 heteroatoms. The van der Waals surface area contributed by atoms with Crippen LogP contribution < -0.4 is 10.6 Å². The molecule has 0 radical (unpaired) electrons. The summed E-state index contributed by atoms with van der Waals surface area (Å²) in [6.45, 7) is 6.66. The van der Waals surface area contributed by atoms with Gasteiger partial charge in [0.2, 0.25) is 5.91 Å². The molecule has 0 spiro atoms. The van der Waals surface area contributed by atoms with Crippen LogP contribution in [0.4, 0.5) is 5.82 Å². The van der Waals surface area contributed by atoms with E-state index in [2.05, 4.69) is 27.5 Å². The Morgan fingerprint density at radius 3 is 2.78 bits per heavy atom. The second-order valence-electron chi connectivity index (χ2n) is 4.30. The number of anilines is 1. The molecule has 0 aliphatic heterocycles. The molecule has 0 bridgehead atoms. The lowest BCUT2D eigenvalue weighted by atomic mass is 10.2. The number of carbonyl (C=O) groups excluding carboxylic acids is 1. The van der Waals surface area contributed by atoms with Gasteiger partial charge in [0, 0.05) is 18.3 Å². The maximum absolute atomic E-state index is 11.7. The van der Waals surface area contributed by atoms with Gasteiger partial charge in [0.05, 0.1) is 0 Å². The van der Waals surface area contributed by atoms with Gasteiger partial charge in [-0.2, -0.15) is 0 Å². The molecular weight excluding hydrogens is 228 g/mol. The molecule has 1 heterocycles. The molecule has 1 aromatic rings. The molecule has 1 aromatic heterocycles. The first-order chi connectivity index (χ1) is 8.67. The molecule has 0 aromatic carbocycles. The topological polar surface area (TPSA) is 66.9 Å². The molecule has 100 valence electrons. The summed E-state index contributed by atoms with van der Waals surface area (Å²) in [6.07, 6.45) is 4.44. The third-order valence-corrected chi connectivity index (χ3v) is 2.54. The normalized spacial score (nSPS) is 11.9. The monoisotopic (exact) mass is 250 g/mol. The number of hydrogen-bond donors (Lipinski definition) is 2. The van der Waals surface area contributed by atoms with Crippen LogP contribution in [0.15, 0.2) is 12.4 Å². The number of nitrogens with zero attached hydrogens (tertiary/aromatic N) is 2. The van der Waals surface area contributed by atoms with Crippen molar-refractivity contribution in [3.05, 3.63) is 18.1 Å². The summed E-state index contributed by atoms with van der Waals surface area (Å²) >= 11 is 0. The fourth-order valence-corrected chi connectivity index (χ4v) is 1.56. The van der Waals surface area contributed by atoms with Gasteiger partial charge in [-0.05, 0) is 19.8 Å². The molecule has 2 N–H and O–H groups in total. The van der Waals surface area contributed by atoms with Gasteiger partial charge in [-0.3, -0.25) is 4.79 Å². The summed E-state index contributed by atoms with van der Waals surface area (Å²) < 4.78 is 0.